The van der Waals surface area contributed by atoms with Crippen LogP contribution in [0.25, 0.3) is 22.8 Å². The highest BCUT2D eigenvalue weighted by Crippen LogP contribution is 2.25. The van der Waals surface area contributed by atoms with Crippen molar-refractivity contribution in [3.63, 3.8) is 0 Å². The number of aromatic carboxylic acids is 1. The number of fused-ring (bicyclic) bond motifs is 1. The second kappa shape index (κ2) is 6.07. The minimum absolute atomic E-state index is 0.130. The fourth-order valence-electron chi connectivity index (χ4n) is 2.91. The summed E-state index contributed by atoms with van der Waals surface area (Å²) in [6, 6.07) is 7.14. The molecule has 0 fully saturated rings. The van der Waals surface area contributed by atoms with Crippen LogP contribution in [0.15, 0.2) is 36.5 Å². The first kappa shape index (κ1) is 15.9. The molecule has 130 valence electrons. The standard InChI is InChI=1S/C18H13FN4O3/c19-12-7-9(1-2-10(12)18(25)26)16-20-5-4-14(23-16)15-8-11-13(22-15)3-6-21-17(11)24/h1-2,4-5,7-8,22H,3,6H2,(H,21,24)(H,25,26). The number of nitrogens with zero attached hydrogens (tertiary/aromatic N) is 2. The molecule has 1 aliphatic heterocycles. The number of nitrogens with one attached hydrogen (secondary N) is 2. The molecule has 0 radical (unpaired) electrons. The largest absolute Gasteiger partial charge is 0.478 e. The van der Waals surface area contributed by atoms with E-state index in [0.29, 0.717) is 35.5 Å². The number of aromatic amines is 1. The molecule has 3 heterocycles. The summed E-state index contributed by atoms with van der Waals surface area (Å²) in [6.45, 7) is 0.579. The van der Waals surface area contributed by atoms with Gasteiger partial charge in [0.2, 0.25) is 0 Å². The molecule has 26 heavy (non-hydrogen) atoms. The third-order valence-electron chi connectivity index (χ3n) is 4.19. The van der Waals surface area contributed by atoms with Gasteiger partial charge in [0.15, 0.2) is 5.82 Å². The van der Waals surface area contributed by atoms with Crippen LogP contribution < -0.4 is 5.32 Å². The lowest BCUT2D eigenvalue weighted by Crippen LogP contribution is -2.31. The summed E-state index contributed by atoms with van der Waals surface area (Å²) in [6.07, 6.45) is 2.24. The molecule has 1 aromatic carbocycles. The summed E-state index contributed by atoms with van der Waals surface area (Å²) < 4.78 is 13.9. The van der Waals surface area contributed by atoms with E-state index in [0.717, 1.165) is 11.8 Å². The van der Waals surface area contributed by atoms with Gasteiger partial charge in [0.25, 0.3) is 5.91 Å². The number of halogens is 1. The van der Waals surface area contributed by atoms with Gasteiger partial charge >= 0.3 is 5.97 Å². The fourth-order valence-corrected chi connectivity index (χ4v) is 2.91. The Morgan fingerprint density at radius 1 is 1.23 bits per heavy atom. The van der Waals surface area contributed by atoms with Gasteiger partial charge in [-0.1, -0.05) is 6.07 Å². The quantitative estimate of drug-likeness (QED) is 0.670. The molecular formula is C18H13FN4O3. The molecule has 2 aromatic heterocycles. The number of rotatable bonds is 3. The maximum atomic E-state index is 13.9. The average molecular weight is 352 g/mol. The lowest BCUT2D eigenvalue weighted by atomic mass is 10.1. The normalized spacial score (nSPS) is 13.2. The molecule has 0 saturated carbocycles. The van der Waals surface area contributed by atoms with Gasteiger partial charge in [-0.05, 0) is 24.3 Å². The van der Waals surface area contributed by atoms with Gasteiger partial charge in [-0.2, -0.15) is 0 Å². The molecule has 3 N–H and O–H groups in total. The minimum Gasteiger partial charge on any atom is -0.478 e. The first-order chi connectivity index (χ1) is 12.5. The summed E-state index contributed by atoms with van der Waals surface area (Å²) in [5, 5.41) is 11.7. The van der Waals surface area contributed by atoms with E-state index in [1.807, 2.05) is 0 Å². The molecule has 3 aromatic rings. The number of H-pyrrole nitrogens is 1. The summed E-state index contributed by atoms with van der Waals surface area (Å²) in [5.41, 5.74) is 2.61. The van der Waals surface area contributed by atoms with Crippen molar-refractivity contribution in [2.24, 2.45) is 0 Å². The van der Waals surface area contributed by atoms with Gasteiger partial charge in [-0.3, -0.25) is 4.79 Å². The molecule has 0 atom stereocenters. The predicted molar refractivity (Wildman–Crippen MR) is 90.2 cm³/mol. The first-order valence-electron chi connectivity index (χ1n) is 7.89. The van der Waals surface area contributed by atoms with Crippen molar-refractivity contribution in [2.45, 2.75) is 6.42 Å². The van der Waals surface area contributed by atoms with Crippen molar-refractivity contribution in [2.75, 3.05) is 6.54 Å². The highest BCUT2D eigenvalue weighted by atomic mass is 19.1. The number of benzene rings is 1. The molecule has 0 spiro atoms. The Labute approximate surface area is 146 Å². The van der Waals surface area contributed by atoms with E-state index in [2.05, 4.69) is 20.3 Å². The zero-order valence-electron chi connectivity index (χ0n) is 13.4. The highest BCUT2D eigenvalue weighted by Gasteiger charge is 2.20. The molecule has 7 nitrogen and oxygen atoms in total. The van der Waals surface area contributed by atoms with Crippen molar-refractivity contribution in [3.8, 4) is 22.8 Å². The second-order valence-corrected chi connectivity index (χ2v) is 5.85. The second-order valence-electron chi connectivity index (χ2n) is 5.85. The van der Waals surface area contributed by atoms with Gasteiger partial charge < -0.3 is 15.4 Å². The van der Waals surface area contributed by atoms with Crippen molar-refractivity contribution >= 4 is 11.9 Å². The fraction of sp³-hybridized carbons (Fsp3) is 0.111. The number of aromatic nitrogens is 3. The van der Waals surface area contributed by atoms with Crippen LogP contribution in [0.4, 0.5) is 4.39 Å². The number of hydrogen-bond acceptors (Lipinski definition) is 4. The Bertz CT molecular complexity index is 1040. The Morgan fingerprint density at radius 3 is 2.81 bits per heavy atom. The topological polar surface area (TPSA) is 108 Å². The van der Waals surface area contributed by atoms with E-state index in [1.54, 1.807) is 12.1 Å². The maximum absolute atomic E-state index is 13.9. The van der Waals surface area contributed by atoms with Crippen LogP contribution in [0.2, 0.25) is 0 Å². The van der Waals surface area contributed by atoms with Gasteiger partial charge in [0, 0.05) is 30.4 Å². The van der Waals surface area contributed by atoms with Crippen molar-refractivity contribution in [1.82, 2.24) is 20.3 Å². The van der Waals surface area contributed by atoms with E-state index < -0.39 is 17.3 Å². The monoisotopic (exact) mass is 352 g/mol. The smallest absolute Gasteiger partial charge is 0.338 e. The molecular weight excluding hydrogens is 339 g/mol. The Balaban J connectivity index is 1.73. The molecule has 4 rings (SSSR count). The van der Waals surface area contributed by atoms with Crippen LogP contribution in [-0.2, 0) is 6.42 Å². The summed E-state index contributed by atoms with van der Waals surface area (Å²) in [5.74, 6) is -2.06. The zero-order chi connectivity index (χ0) is 18.3. The zero-order valence-corrected chi connectivity index (χ0v) is 13.4. The van der Waals surface area contributed by atoms with Gasteiger partial charge in [0.1, 0.15) is 5.82 Å². The number of carbonyl (C=O) groups excluding carboxylic acids is 1. The molecule has 0 unspecified atom stereocenters. The lowest BCUT2D eigenvalue weighted by Gasteiger charge is -2.10. The molecule has 1 amide bonds. The van der Waals surface area contributed by atoms with E-state index in [-0.39, 0.29) is 11.7 Å². The van der Waals surface area contributed by atoms with Crippen molar-refractivity contribution < 1.29 is 19.1 Å². The molecule has 0 aliphatic carbocycles. The molecule has 1 aliphatic rings. The third-order valence-corrected chi connectivity index (χ3v) is 4.19. The van der Waals surface area contributed by atoms with E-state index in [1.165, 1.54) is 18.3 Å². The summed E-state index contributed by atoms with van der Waals surface area (Å²) >= 11 is 0. The van der Waals surface area contributed by atoms with Crippen LogP contribution in [0, 0.1) is 5.82 Å². The Hall–Kier alpha value is -3.55. The Morgan fingerprint density at radius 2 is 2.08 bits per heavy atom. The summed E-state index contributed by atoms with van der Waals surface area (Å²) in [7, 11) is 0. The highest BCUT2D eigenvalue weighted by molar-refractivity contribution is 5.97. The van der Waals surface area contributed by atoms with Crippen LogP contribution in [-0.4, -0.2) is 38.5 Å². The molecule has 8 heteroatoms. The SMILES string of the molecule is O=C(O)c1ccc(-c2nccc(-c3cc4c([nH]3)CCNC4=O)n2)cc1F. The molecule has 0 bridgehead atoms. The van der Waals surface area contributed by atoms with E-state index in [4.69, 9.17) is 5.11 Å². The van der Waals surface area contributed by atoms with Crippen LogP contribution in [0.5, 0.6) is 0 Å². The molecule has 0 saturated heterocycles. The van der Waals surface area contributed by atoms with Crippen LogP contribution in [0.1, 0.15) is 26.4 Å². The number of hydrogen-bond donors (Lipinski definition) is 3. The first-order valence-corrected chi connectivity index (χ1v) is 7.89. The van der Waals surface area contributed by atoms with Gasteiger partial charge in [-0.15, -0.1) is 0 Å². The van der Waals surface area contributed by atoms with E-state index in [9.17, 15) is 14.0 Å². The number of amides is 1. The van der Waals surface area contributed by atoms with Crippen LogP contribution in [0.3, 0.4) is 0 Å². The minimum atomic E-state index is -1.33. The average Bonchev–Trinajstić information content (AvgIpc) is 3.07. The predicted octanol–water partition coefficient (Wildman–Crippen LogP) is 2.26. The van der Waals surface area contributed by atoms with Gasteiger partial charge in [0.05, 0.1) is 22.5 Å². The van der Waals surface area contributed by atoms with Crippen LogP contribution >= 0.6 is 0 Å². The van der Waals surface area contributed by atoms with Crippen molar-refractivity contribution in [1.29, 1.82) is 0 Å². The summed E-state index contributed by atoms with van der Waals surface area (Å²) in [4.78, 5) is 34.5. The van der Waals surface area contributed by atoms with Gasteiger partial charge in [-0.25, -0.2) is 19.2 Å². The van der Waals surface area contributed by atoms with E-state index >= 15 is 0 Å². The Kier molecular flexibility index (Phi) is 3.72. The van der Waals surface area contributed by atoms with Crippen molar-refractivity contribution in [3.05, 3.63) is 59.2 Å². The maximum Gasteiger partial charge on any atom is 0.338 e. The number of carbonyl (C=O) groups is 2. The number of carboxylic acid groups (broad SMARTS) is 1. The number of carboxylic acids is 1. The third kappa shape index (κ3) is 2.71. The lowest BCUT2D eigenvalue weighted by molar-refractivity contribution is 0.0691.